The van der Waals surface area contributed by atoms with Crippen LogP contribution in [0.3, 0.4) is 0 Å². The summed E-state index contributed by atoms with van der Waals surface area (Å²) in [4.78, 5) is 14.3. The van der Waals surface area contributed by atoms with E-state index in [2.05, 4.69) is 22.3 Å². The molecule has 0 bridgehead atoms. The summed E-state index contributed by atoms with van der Waals surface area (Å²) in [6, 6.07) is 10.0. The van der Waals surface area contributed by atoms with E-state index >= 15 is 0 Å². The van der Waals surface area contributed by atoms with Gasteiger partial charge >= 0.3 is 6.09 Å². The van der Waals surface area contributed by atoms with Gasteiger partial charge in [-0.25, -0.2) is 4.79 Å². The third kappa shape index (κ3) is 4.84. The molecule has 2 heterocycles. The van der Waals surface area contributed by atoms with E-state index in [9.17, 15) is 4.79 Å². The van der Waals surface area contributed by atoms with E-state index in [1.807, 2.05) is 39.0 Å². The number of rotatable bonds is 4. The second-order valence-electron chi connectivity index (χ2n) is 7.70. The molecule has 0 aliphatic carbocycles. The zero-order valence-electron chi connectivity index (χ0n) is 15.8. The second-order valence-corrected chi connectivity index (χ2v) is 7.70. The number of ether oxygens (including phenoxy) is 1. The number of carbonyl (C=O) groups excluding carboxylic acids is 1. The highest BCUT2D eigenvalue weighted by molar-refractivity contribution is 5.68. The molecule has 1 amide bonds. The lowest BCUT2D eigenvalue weighted by Crippen LogP contribution is -2.42. The molecule has 0 spiro atoms. The number of likely N-dealkylation sites (tertiary alicyclic amines) is 1. The molecule has 0 radical (unpaired) electrons. The number of aryl methyl sites for hydroxylation is 2. The maximum absolute atomic E-state index is 12.5. The van der Waals surface area contributed by atoms with Crippen LogP contribution in [0, 0.1) is 0 Å². The van der Waals surface area contributed by atoms with Crippen LogP contribution in [0.2, 0.25) is 0 Å². The topological polar surface area (TPSA) is 68.5 Å². The van der Waals surface area contributed by atoms with Crippen LogP contribution in [0.1, 0.15) is 63.4 Å². The van der Waals surface area contributed by atoms with Crippen molar-refractivity contribution in [2.45, 2.75) is 64.5 Å². The number of benzene rings is 1. The third-order valence-electron chi connectivity index (χ3n) is 4.37. The number of hydrogen-bond acceptors (Lipinski definition) is 5. The van der Waals surface area contributed by atoms with Crippen molar-refractivity contribution in [2.24, 2.45) is 0 Å². The van der Waals surface area contributed by atoms with Crippen LogP contribution in [0.15, 0.2) is 34.7 Å². The van der Waals surface area contributed by atoms with Crippen molar-refractivity contribution in [3.05, 3.63) is 47.7 Å². The molecule has 1 aromatic heterocycles. The normalized spacial score (nSPS) is 18.0. The van der Waals surface area contributed by atoms with Crippen LogP contribution < -0.4 is 0 Å². The number of carbonyl (C=O) groups is 1. The van der Waals surface area contributed by atoms with Crippen LogP contribution in [0.4, 0.5) is 4.79 Å². The van der Waals surface area contributed by atoms with Crippen molar-refractivity contribution in [3.8, 4) is 0 Å². The Morgan fingerprint density at radius 1 is 1.19 bits per heavy atom. The van der Waals surface area contributed by atoms with E-state index in [1.54, 1.807) is 4.90 Å². The van der Waals surface area contributed by atoms with E-state index < -0.39 is 5.60 Å². The Balaban J connectivity index is 1.66. The van der Waals surface area contributed by atoms with E-state index in [0.717, 1.165) is 25.7 Å². The molecule has 1 unspecified atom stereocenters. The zero-order valence-corrected chi connectivity index (χ0v) is 15.8. The Morgan fingerprint density at radius 2 is 1.96 bits per heavy atom. The Kier molecular flexibility index (Phi) is 5.59. The van der Waals surface area contributed by atoms with Gasteiger partial charge in [-0.2, -0.15) is 0 Å². The van der Waals surface area contributed by atoms with Crippen molar-refractivity contribution in [1.29, 1.82) is 0 Å². The van der Waals surface area contributed by atoms with E-state index in [0.29, 0.717) is 24.7 Å². The van der Waals surface area contributed by atoms with Crippen LogP contribution in [0.5, 0.6) is 0 Å². The summed E-state index contributed by atoms with van der Waals surface area (Å²) in [6.07, 6.45) is 4.04. The third-order valence-corrected chi connectivity index (χ3v) is 4.37. The van der Waals surface area contributed by atoms with Crippen molar-refractivity contribution in [2.75, 3.05) is 6.54 Å². The summed E-state index contributed by atoms with van der Waals surface area (Å²) < 4.78 is 11.4. The first-order valence-electron chi connectivity index (χ1n) is 9.28. The van der Waals surface area contributed by atoms with Gasteiger partial charge < -0.3 is 9.15 Å². The molecular formula is C20H27N3O3. The van der Waals surface area contributed by atoms with Crippen LogP contribution in [-0.4, -0.2) is 33.3 Å². The van der Waals surface area contributed by atoms with Crippen molar-refractivity contribution in [1.82, 2.24) is 15.1 Å². The number of amides is 1. The quantitative estimate of drug-likeness (QED) is 0.815. The highest BCUT2D eigenvalue weighted by Gasteiger charge is 2.34. The van der Waals surface area contributed by atoms with Crippen LogP contribution in [0.25, 0.3) is 0 Å². The van der Waals surface area contributed by atoms with Gasteiger partial charge in [-0.3, -0.25) is 4.90 Å². The molecule has 6 nitrogen and oxygen atoms in total. The van der Waals surface area contributed by atoms with Crippen molar-refractivity contribution >= 4 is 6.09 Å². The van der Waals surface area contributed by atoms with E-state index in [-0.39, 0.29) is 12.1 Å². The molecule has 140 valence electrons. The summed E-state index contributed by atoms with van der Waals surface area (Å²) in [5.74, 6) is 1.12. The number of hydrogen-bond donors (Lipinski definition) is 0. The minimum atomic E-state index is -0.519. The molecule has 1 aliphatic rings. The van der Waals surface area contributed by atoms with Gasteiger partial charge in [0.25, 0.3) is 0 Å². The average Bonchev–Trinajstić information content (AvgIpc) is 3.08. The zero-order chi connectivity index (χ0) is 18.6. The molecular weight excluding hydrogens is 330 g/mol. The largest absolute Gasteiger partial charge is 0.444 e. The van der Waals surface area contributed by atoms with Gasteiger partial charge in [0.1, 0.15) is 11.6 Å². The maximum atomic E-state index is 12.5. The van der Waals surface area contributed by atoms with E-state index in [1.165, 1.54) is 5.56 Å². The first-order chi connectivity index (χ1) is 12.4. The highest BCUT2D eigenvalue weighted by atomic mass is 16.6. The Bertz CT molecular complexity index is 721. The molecule has 1 fully saturated rings. The van der Waals surface area contributed by atoms with Gasteiger partial charge in [-0.05, 0) is 52.0 Å². The maximum Gasteiger partial charge on any atom is 0.410 e. The predicted octanol–water partition coefficient (Wildman–Crippen LogP) is 4.32. The summed E-state index contributed by atoms with van der Waals surface area (Å²) in [6.45, 7) is 6.27. The Morgan fingerprint density at radius 3 is 2.69 bits per heavy atom. The van der Waals surface area contributed by atoms with Gasteiger partial charge in [0.05, 0.1) is 0 Å². The fraction of sp³-hybridized carbons (Fsp3) is 0.550. The van der Waals surface area contributed by atoms with Gasteiger partial charge in [-0.15, -0.1) is 10.2 Å². The summed E-state index contributed by atoms with van der Waals surface area (Å²) in [5.41, 5.74) is 0.717. The molecule has 6 heteroatoms. The van der Waals surface area contributed by atoms with Gasteiger partial charge in [-0.1, -0.05) is 30.3 Å². The van der Waals surface area contributed by atoms with E-state index in [4.69, 9.17) is 9.15 Å². The minimum absolute atomic E-state index is 0.198. The molecule has 1 saturated heterocycles. The number of nitrogens with zero attached hydrogens (tertiary/aromatic N) is 3. The number of piperidine rings is 1. The first-order valence-corrected chi connectivity index (χ1v) is 9.28. The lowest BCUT2D eigenvalue weighted by molar-refractivity contribution is 0.00595. The second kappa shape index (κ2) is 7.89. The fourth-order valence-electron chi connectivity index (χ4n) is 3.13. The summed E-state index contributed by atoms with van der Waals surface area (Å²) >= 11 is 0. The smallest absolute Gasteiger partial charge is 0.410 e. The van der Waals surface area contributed by atoms with Gasteiger partial charge in [0, 0.05) is 13.0 Å². The lowest BCUT2D eigenvalue weighted by atomic mass is 10.0. The molecule has 0 N–H and O–H groups in total. The van der Waals surface area contributed by atoms with Crippen molar-refractivity contribution < 1.29 is 13.9 Å². The molecule has 1 aromatic carbocycles. The predicted molar refractivity (Wildman–Crippen MR) is 97.7 cm³/mol. The monoisotopic (exact) mass is 357 g/mol. The van der Waals surface area contributed by atoms with Gasteiger partial charge in [0.2, 0.25) is 11.8 Å². The molecule has 1 atom stereocenters. The van der Waals surface area contributed by atoms with Crippen molar-refractivity contribution in [3.63, 3.8) is 0 Å². The standard InChI is InChI=1S/C20H27N3O3/c1-20(2,3)26-19(24)23-14-8-7-11-16(23)18-22-21-17(25-18)13-12-15-9-5-4-6-10-15/h4-6,9-10,16H,7-8,11-14H2,1-3H3. The number of aromatic nitrogens is 2. The minimum Gasteiger partial charge on any atom is -0.444 e. The SMILES string of the molecule is CC(C)(C)OC(=O)N1CCCCC1c1nnc(CCc2ccccc2)o1. The lowest BCUT2D eigenvalue weighted by Gasteiger charge is -2.34. The summed E-state index contributed by atoms with van der Waals surface area (Å²) in [7, 11) is 0. The summed E-state index contributed by atoms with van der Waals surface area (Å²) in [5, 5.41) is 8.39. The van der Waals surface area contributed by atoms with Gasteiger partial charge in [0.15, 0.2) is 0 Å². The molecule has 2 aromatic rings. The Labute approximate surface area is 154 Å². The highest BCUT2D eigenvalue weighted by Crippen LogP contribution is 2.31. The molecule has 1 aliphatic heterocycles. The average molecular weight is 357 g/mol. The molecule has 3 rings (SSSR count). The molecule has 26 heavy (non-hydrogen) atoms. The van der Waals surface area contributed by atoms with Crippen LogP contribution >= 0.6 is 0 Å². The molecule has 0 saturated carbocycles. The fourth-order valence-corrected chi connectivity index (χ4v) is 3.13. The first kappa shape index (κ1) is 18.4. The van der Waals surface area contributed by atoms with Crippen LogP contribution in [-0.2, 0) is 17.6 Å². The Hall–Kier alpha value is -2.37.